The third-order valence-corrected chi connectivity index (χ3v) is 6.44. The molecule has 1 heterocycles. The second-order valence-corrected chi connectivity index (χ2v) is 8.00. The Labute approximate surface area is 128 Å². The normalized spacial score (nSPS) is 20.3. The number of nitrogens with zero attached hydrogens (tertiary/aromatic N) is 1. The number of benzene rings is 1. The molecule has 21 heavy (non-hydrogen) atoms. The Bertz CT molecular complexity index is 596. The molecule has 2 rings (SSSR count). The van der Waals surface area contributed by atoms with E-state index in [2.05, 4.69) is 19.2 Å². The lowest BCUT2D eigenvalue weighted by molar-refractivity contribution is 0.315. The summed E-state index contributed by atoms with van der Waals surface area (Å²) in [6.45, 7) is 7.43. The van der Waals surface area contributed by atoms with Crippen LogP contribution in [0.2, 0.25) is 0 Å². The van der Waals surface area contributed by atoms with Crippen molar-refractivity contribution in [3.8, 4) is 0 Å². The van der Waals surface area contributed by atoms with Crippen LogP contribution in [0.1, 0.15) is 37.8 Å². The third kappa shape index (κ3) is 3.15. The van der Waals surface area contributed by atoms with E-state index >= 15 is 0 Å². The van der Waals surface area contributed by atoms with Gasteiger partial charge in [-0.1, -0.05) is 26.0 Å². The molecule has 1 fully saturated rings. The Morgan fingerprint density at radius 1 is 1.38 bits per heavy atom. The first-order valence-corrected chi connectivity index (χ1v) is 9.08. The monoisotopic (exact) mass is 310 g/mol. The highest BCUT2D eigenvalue weighted by Crippen LogP contribution is 2.31. The second-order valence-electron chi connectivity index (χ2n) is 6.14. The molecule has 1 N–H and O–H groups in total. The molecule has 1 aliphatic rings. The first-order valence-electron chi connectivity index (χ1n) is 7.64. The summed E-state index contributed by atoms with van der Waals surface area (Å²) < 4.78 is 27.8. The fraction of sp³-hybridized carbons (Fsp3) is 0.625. The number of hydrogen-bond donors (Lipinski definition) is 1. The van der Waals surface area contributed by atoms with Gasteiger partial charge in [0.05, 0.1) is 4.90 Å². The van der Waals surface area contributed by atoms with Crippen molar-refractivity contribution in [1.29, 1.82) is 0 Å². The number of nitrogens with one attached hydrogen (secondary N) is 1. The Morgan fingerprint density at radius 3 is 2.71 bits per heavy atom. The fourth-order valence-electron chi connectivity index (χ4n) is 3.18. The van der Waals surface area contributed by atoms with Crippen LogP contribution in [0.3, 0.4) is 0 Å². The fourth-order valence-corrected chi connectivity index (χ4v) is 5.27. The molecule has 0 aromatic heterocycles. The minimum absolute atomic E-state index is 0.127. The number of hydrogen-bond acceptors (Lipinski definition) is 3. The van der Waals surface area contributed by atoms with Gasteiger partial charge < -0.3 is 5.32 Å². The van der Waals surface area contributed by atoms with E-state index in [-0.39, 0.29) is 6.04 Å². The quantitative estimate of drug-likeness (QED) is 0.909. The molecule has 0 saturated carbocycles. The lowest BCUT2D eigenvalue weighted by Gasteiger charge is -2.27. The van der Waals surface area contributed by atoms with Crippen molar-refractivity contribution < 1.29 is 8.42 Å². The van der Waals surface area contributed by atoms with Crippen molar-refractivity contribution in [2.45, 2.75) is 51.1 Å². The Balaban J connectivity index is 2.42. The molecule has 1 unspecified atom stereocenters. The summed E-state index contributed by atoms with van der Waals surface area (Å²) in [7, 11) is -1.53. The SMILES string of the molecule is CNCc1cccc(S(=O)(=O)N2CCCC2C(C)C)c1C. The molecule has 0 aliphatic carbocycles. The third-order valence-electron chi connectivity index (χ3n) is 4.37. The molecule has 1 aromatic carbocycles. The minimum atomic E-state index is -3.40. The van der Waals surface area contributed by atoms with Crippen molar-refractivity contribution in [1.82, 2.24) is 9.62 Å². The van der Waals surface area contributed by atoms with Crippen LogP contribution in [0.5, 0.6) is 0 Å². The predicted molar refractivity (Wildman–Crippen MR) is 85.7 cm³/mol. The van der Waals surface area contributed by atoms with Gasteiger partial charge in [-0.3, -0.25) is 0 Å². The maximum Gasteiger partial charge on any atom is 0.243 e. The smallest absolute Gasteiger partial charge is 0.243 e. The molecule has 0 spiro atoms. The van der Waals surface area contributed by atoms with Gasteiger partial charge in [-0.05, 0) is 49.9 Å². The van der Waals surface area contributed by atoms with E-state index in [0.29, 0.717) is 23.9 Å². The average molecular weight is 310 g/mol. The molecule has 4 nitrogen and oxygen atoms in total. The molecule has 0 radical (unpaired) electrons. The highest BCUT2D eigenvalue weighted by Gasteiger charge is 2.37. The second kappa shape index (κ2) is 6.46. The summed E-state index contributed by atoms with van der Waals surface area (Å²) in [6.07, 6.45) is 1.92. The number of rotatable bonds is 5. The van der Waals surface area contributed by atoms with Crippen molar-refractivity contribution in [2.24, 2.45) is 5.92 Å². The molecule has 1 aromatic rings. The van der Waals surface area contributed by atoms with Crippen LogP contribution < -0.4 is 5.32 Å². The summed E-state index contributed by atoms with van der Waals surface area (Å²) in [5.74, 6) is 0.350. The van der Waals surface area contributed by atoms with E-state index in [4.69, 9.17) is 0 Å². The van der Waals surface area contributed by atoms with Gasteiger partial charge in [0, 0.05) is 19.1 Å². The molecule has 0 bridgehead atoms. The van der Waals surface area contributed by atoms with E-state index in [0.717, 1.165) is 24.0 Å². The molecule has 118 valence electrons. The zero-order valence-electron chi connectivity index (χ0n) is 13.4. The highest BCUT2D eigenvalue weighted by molar-refractivity contribution is 7.89. The molecular weight excluding hydrogens is 284 g/mol. The highest BCUT2D eigenvalue weighted by atomic mass is 32.2. The van der Waals surface area contributed by atoms with Crippen LogP contribution in [0, 0.1) is 12.8 Å². The van der Waals surface area contributed by atoms with Crippen LogP contribution in [-0.2, 0) is 16.6 Å². The maximum absolute atomic E-state index is 13.0. The molecule has 1 atom stereocenters. The number of sulfonamides is 1. The molecule has 0 amide bonds. The van der Waals surface area contributed by atoms with Crippen molar-refractivity contribution in [3.05, 3.63) is 29.3 Å². The van der Waals surface area contributed by atoms with Gasteiger partial charge >= 0.3 is 0 Å². The van der Waals surface area contributed by atoms with Crippen LogP contribution in [0.4, 0.5) is 0 Å². The zero-order valence-corrected chi connectivity index (χ0v) is 14.2. The van der Waals surface area contributed by atoms with Crippen LogP contribution >= 0.6 is 0 Å². The Kier molecular flexibility index (Phi) is 5.07. The molecule has 1 aliphatic heterocycles. The van der Waals surface area contributed by atoms with Crippen LogP contribution in [0.25, 0.3) is 0 Å². The van der Waals surface area contributed by atoms with E-state index in [1.165, 1.54) is 0 Å². The largest absolute Gasteiger partial charge is 0.316 e. The summed E-state index contributed by atoms with van der Waals surface area (Å²) in [4.78, 5) is 0.461. The minimum Gasteiger partial charge on any atom is -0.316 e. The van der Waals surface area contributed by atoms with E-state index < -0.39 is 10.0 Å². The molecule has 1 saturated heterocycles. The Morgan fingerprint density at radius 2 is 2.10 bits per heavy atom. The topological polar surface area (TPSA) is 49.4 Å². The Hall–Kier alpha value is -0.910. The summed E-state index contributed by atoms with van der Waals surface area (Å²) in [5, 5.41) is 3.09. The van der Waals surface area contributed by atoms with Gasteiger partial charge in [-0.15, -0.1) is 0 Å². The van der Waals surface area contributed by atoms with Gasteiger partial charge in [0.15, 0.2) is 0 Å². The summed E-state index contributed by atoms with van der Waals surface area (Å²) in [6, 6.07) is 5.68. The van der Waals surface area contributed by atoms with Crippen LogP contribution in [-0.4, -0.2) is 32.4 Å². The predicted octanol–water partition coefficient (Wildman–Crippen LogP) is 2.52. The van der Waals surface area contributed by atoms with Crippen molar-refractivity contribution in [2.75, 3.05) is 13.6 Å². The van der Waals surface area contributed by atoms with Crippen molar-refractivity contribution >= 4 is 10.0 Å². The molecular formula is C16H26N2O2S. The maximum atomic E-state index is 13.0. The lowest BCUT2D eigenvalue weighted by Crippen LogP contribution is -2.38. The van der Waals surface area contributed by atoms with Gasteiger partial charge in [0.2, 0.25) is 10.0 Å². The first kappa shape index (κ1) is 16.5. The van der Waals surface area contributed by atoms with E-state index in [9.17, 15) is 8.42 Å². The van der Waals surface area contributed by atoms with Gasteiger partial charge in [0.1, 0.15) is 0 Å². The standard InChI is InChI=1S/C16H26N2O2S/c1-12(2)15-8-6-10-18(15)21(19,20)16-9-5-7-14(11-17-4)13(16)3/h5,7,9,12,15,17H,6,8,10-11H2,1-4H3. The summed E-state index contributed by atoms with van der Waals surface area (Å²) in [5.41, 5.74) is 1.90. The van der Waals surface area contributed by atoms with Crippen molar-refractivity contribution in [3.63, 3.8) is 0 Å². The molecule has 5 heteroatoms. The van der Waals surface area contributed by atoms with E-state index in [1.807, 2.05) is 26.1 Å². The van der Waals surface area contributed by atoms with Crippen LogP contribution in [0.15, 0.2) is 23.1 Å². The zero-order chi connectivity index (χ0) is 15.6. The lowest BCUT2D eigenvalue weighted by atomic mass is 10.0. The van der Waals surface area contributed by atoms with Gasteiger partial charge in [0.25, 0.3) is 0 Å². The van der Waals surface area contributed by atoms with Gasteiger partial charge in [-0.25, -0.2) is 8.42 Å². The average Bonchev–Trinajstić information content (AvgIpc) is 2.91. The van der Waals surface area contributed by atoms with Gasteiger partial charge in [-0.2, -0.15) is 4.31 Å². The van der Waals surface area contributed by atoms with E-state index in [1.54, 1.807) is 10.4 Å². The summed E-state index contributed by atoms with van der Waals surface area (Å²) >= 11 is 0. The first-order chi connectivity index (χ1) is 9.89.